The lowest BCUT2D eigenvalue weighted by atomic mass is 10.1. The van der Waals surface area contributed by atoms with E-state index in [0.29, 0.717) is 25.3 Å². The third-order valence-electron chi connectivity index (χ3n) is 3.63. The van der Waals surface area contributed by atoms with Crippen molar-refractivity contribution < 1.29 is 14.6 Å². The van der Waals surface area contributed by atoms with Crippen LogP contribution in [0.25, 0.3) is 0 Å². The molecule has 0 aliphatic carbocycles. The van der Waals surface area contributed by atoms with Gasteiger partial charge in [0.1, 0.15) is 0 Å². The van der Waals surface area contributed by atoms with E-state index in [9.17, 15) is 9.90 Å². The highest BCUT2D eigenvalue weighted by Crippen LogP contribution is 2.09. The monoisotopic (exact) mass is 328 g/mol. The molecular weight excluding hydrogens is 304 g/mol. The first kappa shape index (κ1) is 18.9. The van der Waals surface area contributed by atoms with Crippen molar-refractivity contribution in [3.8, 4) is 0 Å². The number of β-amino-alcohol motifs (C(OH)–C–C–N with tert-alkyl or cyclic N) is 1. The second kappa shape index (κ2) is 9.10. The Morgan fingerprint density at radius 2 is 2.05 bits per heavy atom. The number of carbonyl (C=O) groups is 1. The lowest BCUT2D eigenvalue weighted by Crippen LogP contribution is -2.34. The molecule has 124 valence electrons. The molecular formula is C16H25ClN2O3. The lowest BCUT2D eigenvalue weighted by molar-refractivity contribution is 0.0656. The van der Waals surface area contributed by atoms with E-state index in [1.165, 1.54) is 0 Å². The van der Waals surface area contributed by atoms with Crippen LogP contribution >= 0.6 is 12.4 Å². The molecule has 2 atom stereocenters. The number of nitrogens with one attached hydrogen (secondary N) is 2. The Morgan fingerprint density at radius 3 is 2.59 bits per heavy atom. The highest BCUT2D eigenvalue weighted by atomic mass is 35.5. The summed E-state index contributed by atoms with van der Waals surface area (Å²) in [5.41, 5.74) is 1.68. The zero-order valence-corrected chi connectivity index (χ0v) is 13.9. The van der Waals surface area contributed by atoms with Crippen LogP contribution in [0.4, 0.5) is 0 Å². The van der Waals surface area contributed by atoms with Crippen molar-refractivity contribution in [2.75, 3.05) is 19.6 Å². The molecule has 1 fully saturated rings. The van der Waals surface area contributed by atoms with Gasteiger partial charge in [0.15, 0.2) is 0 Å². The second-order valence-corrected chi connectivity index (χ2v) is 5.75. The fraction of sp³-hybridized carbons (Fsp3) is 0.562. The number of benzene rings is 1. The van der Waals surface area contributed by atoms with Crippen molar-refractivity contribution in [1.82, 2.24) is 10.6 Å². The van der Waals surface area contributed by atoms with Crippen molar-refractivity contribution in [1.29, 1.82) is 0 Å². The van der Waals surface area contributed by atoms with Crippen LogP contribution in [0.1, 0.15) is 29.8 Å². The van der Waals surface area contributed by atoms with Crippen LogP contribution in [0.15, 0.2) is 24.3 Å². The lowest BCUT2D eigenvalue weighted by Gasteiger charge is -2.14. The molecule has 1 amide bonds. The van der Waals surface area contributed by atoms with Crippen molar-refractivity contribution in [3.05, 3.63) is 35.4 Å². The molecule has 22 heavy (non-hydrogen) atoms. The molecule has 6 heteroatoms. The summed E-state index contributed by atoms with van der Waals surface area (Å²) in [6.45, 7) is 6.38. The van der Waals surface area contributed by atoms with E-state index < -0.39 is 0 Å². The first-order chi connectivity index (χ1) is 10.1. The molecule has 0 spiro atoms. The summed E-state index contributed by atoms with van der Waals surface area (Å²) < 4.78 is 5.52. The van der Waals surface area contributed by atoms with Gasteiger partial charge in [0.2, 0.25) is 0 Å². The van der Waals surface area contributed by atoms with Crippen LogP contribution in [0.2, 0.25) is 0 Å². The molecule has 1 saturated heterocycles. The maximum absolute atomic E-state index is 12.0. The van der Waals surface area contributed by atoms with E-state index >= 15 is 0 Å². The maximum atomic E-state index is 12.0. The molecule has 0 bridgehead atoms. The SMILES string of the molecule is CC(C)OCc1ccc(C(=O)NCC2CNCC2O)cc1.Cl. The predicted molar refractivity (Wildman–Crippen MR) is 88.3 cm³/mol. The molecule has 1 aliphatic heterocycles. The molecule has 1 heterocycles. The largest absolute Gasteiger partial charge is 0.391 e. The molecule has 3 N–H and O–H groups in total. The average Bonchev–Trinajstić information content (AvgIpc) is 2.88. The molecule has 0 aromatic heterocycles. The molecule has 0 saturated carbocycles. The first-order valence-electron chi connectivity index (χ1n) is 7.44. The highest BCUT2D eigenvalue weighted by molar-refractivity contribution is 5.94. The Bertz CT molecular complexity index is 465. The number of halogens is 1. The molecule has 1 aromatic rings. The van der Waals surface area contributed by atoms with Crippen molar-refractivity contribution in [2.45, 2.75) is 32.7 Å². The number of rotatable bonds is 6. The van der Waals surface area contributed by atoms with Gasteiger partial charge in [-0.2, -0.15) is 0 Å². The fourth-order valence-electron chi connectivity index (χ4n) is 2.27. The standard InChI is InChI=1S/C16H24N2O3.ClH/c1-11(2)21-10-12-3-5-13(6-4-12)16(20)18-8-14-7-17-9-15(14)19;/h3-6,11,14-15,17,19H,7-10H2,1-2H3,(H,18,20);1H. The van der Waals surface area contributed by atoms with Gasteiger partial charge in [-0.15, -0.1) is 12.4 Å². The van der Waals surface area contributed by atoms with Gasteiger partial charge < -0.3 is 20.5 Å². The zero-order valence-electron chi connectivity index (χ0n) is 13.0. The smallest absolute Gasteiger partial charge is 0.251 e. The Kier molecular flexibility index (Phi) is 7.82. The zero-order chi connectivity index (χ0) is 15.2. The number of ether oxygens (including phenoxy) is 1. The Morgan fingerprint density at radius 1 is 1.36 bits per heavy atom. The van der Waals surface area contributed by atoms with Crippen molar-refractivity contribution in [2.24, 2.45) is 5.92 Å². The van der Waals surface area contributed by atoms with Gasteiger partial charge in [0.25, 0.3) is 5.91 Å². The minimum Gasteiger partial charge on any atom is -0.391 e. The number of aliphatic hydroxyl groups excluding tert-OH is 1. The van der Waals surface area contributed by atoms with E-state index in [-0.39, 0.29) is 36.4 Å². The van der Waals surface area contributed by atoms with E-state index in [1.54, 1.807) is 12.1 Å². The van der Waals surface area contributed by atoms with E-state index in [4.69, 9.17) is 4.74 Å². The van der Waals surface area contributed by atoms with Gasteiger partial charge in [-0.1, -0.05) is 12.1 Å². The number of hydrogen-bond acceptors (Lipinski definition) is 4. The Balaban J connectivity index is 0.00000242. The van der Waals surface area contributed by atoms with Crippen LogP contribution in [-0.4, -0.2) is 42.9 Å². The fourth-order valence-corrected chi connectivity index (χ4v) is 2.27. The summed E-state index contributed by atoms with van der Waals surface area (Å²) in [4.78, 5) is 12.0. The molecule has 1 aromatic carbocycles. The average molecular weight is 329 g/mol. The first-order valence-corrected chi connectivity index (χ1v) is 7.44. The number of carbonyl (C=O) groups excluding carboxylic acids is 1. The van der Waals surface area contributed by atoms with Crippen LogP contribution in [0.5, 0.6) is 0 Å². The molecule has 5 nitrogen and oxygen atoms in total. The summed E-state index contributed by atoms with van der Waals surface area (Å²) in [5, 5.41) is 15.7. The van der Waals surface area contributed by atoms with Gasteiger partial charge >= 0.3 is 0 Å². The summed E-state index contributed by atoms with van der Waals surface area (Å²) in [5.74, 6) is -0.0157. The maximum Gasteiger partial charge on any atom is 0.251 e. The molecule has 2 unspecified atom stereocenters. The third kappa shape index (κ3) is 5.57. The normalized spacial score (nSPS) is 20.7. The Hall–Kier alpha value is -1.14. The van der Waals surface area contributed by atoms with E-state index in [0.717, 1.165) is 12.1 Å². The third-order valence-corrected chi connectivity index (χ3v) is 3.63. The summed E-state index contributed by atoms with van der Waals surface area (Å²) in [7, 11) is 0. The van der Waals surface area contributed by atoms with Crippen molar-refractivity contribution in [3.63, 3.8) is 0 Å². The topological polar surface area (TPSA) is 70.6 Å². The van der Waals surface area contributed by atoms with Gasteiger partial charge in [0.05, 0.1) is 18.8 Å². The van der Waals surface area contributed by atoms with Crippen molar-refractivity contribution >= 4 is 18.3 Å². The van der Waals surface area contributed by atoms with Gasteiger partial charge in [-0.05, 0) is 31.5 Å². The minimum absolute atomic E-state index is 0. The minimum atomic E-state index is -0.374. The number of hydrogen-bond donors (Lipinski definition) is 3. The quantitative estimate of drug-likeness (QED) is 0.737. The Labute approximate surface area is 137 Å². The second-order valence-electron chi connectivity index (χ2n) is 5.75. The molecule has 1 aliphatic rings. The number of aliphatic hydroxyl groups is 1. The van der Waals surface area contributed by atoms with Crippen LogP contribution in [0, 0.1) is 5.92 Å². The van der Waals surface area contributed by atoms with Gasteiger partial charge in [-0.25, -0.2) is 0 Å². The van der Waals surface area contributed by atoms with Gasteiger partial charge in [-0.3, -0.25) is 4.79 Å². The highest BCUT2D eigenvalue weighted by Gasteiger charge is 2.25. The van der Waals surface area contributed by atoms with Crippen LogP contribution < -0.4 is 10.6 Å². The molecule has 2 rings (SSSR count). The van der Waals surface area contributed by atoms with Gasteiger partial charge in [0, 0.05) is 31.1 Å². The number of amides is 1. The van der Waals surface area contributed by atoms with E-state index in [1.807, 2.05) is 26.0 Å². The predicted octanol–water partition coefficient (Wildman–Crippen LogP) is 1.34. The van der Waals surface area contributed by atoms with Crippen LogP contribution in [0.3, 0.4) is 0 Å². The molecule has 0 radical (unpaired) electrons. The summed E-state index contributed by atoms with van der Waals surface area (Å²) in [6, 6.07) is 7.42. The summed E-state index contributed by atoms with van der Waals surface area (Å²) in [6.07, 6.45) is -0.180. The van der Waals surface area contributed by atoms with Crippen LogP contribution in [-0.2, 0) is 11.3 Å². The van der Waals surface area contributed by atoms with E-state index in [2.05, 4.69) is 10.6 Å². The summed E-state index contributed by atoms with van der Waals surface area (Å²) >= 11 is 0.